The molecule has 0 aliphatic carbocycles. The molecule has 2 rings (SSSR count). The summed E-state index contributed by atoms with van der Waals surface area (Å²) in [5, 5.41) is 3.42. The van der Waals surface area contributed by atoms with Crippen LogP contribution in [0.4, 0.5) is 0 Å². The molecule has 1 heterocycles. The van der Waals surface area contributed by atoms with Crippen LogP contribution in [0.25, 0.3) is 0 Å². The number of nitrogens with one attached hydrogen (secondary N) is 1. The van der Waals surface area contributed by atoms with Gasteiger partial charge in [0.05, 0.1) is 13.2 Å². The Morgan fingerprint density at radius 2 is 2.13 bits per heavy atom. The fourth-order valence-electron chi connectivity index (χ4n) is 2.91. The maximum atomic E-state index is 5.62. The highest BCUT2D eigenvalue weighted by atomic mass is 16.5. The van der Waals surface area contributed by atoms with Gasteiger partial charge in [0, 0.05) is 32.2 Å². The molecule has 1 aliphatic heterocycles. The van der Waals surface area contributed by atoms with E-state index in [-0.39, 0.29) is 0 Å². The quantitative estimate of drug-likeness (QED) is 0.477. The molecule has 0 bridgehead atoms. The van der Waals surface area contributed by atoms with Gasteiger partial charge >= 0.3 is 0 Å². The molecule has 4 nitrogen and oxygen atoms in total. The number of rotatable bonds is 7. The molecule has 1 saturated heterocycles. The first-order valence-electron chi connectivity index (χ1n) is 8.86. The van der Waals surface area contributed by atoms with Gasteiger partial charge in [0.25, 0.3) is 0 Å². The molecule has 4 heteroatoms. The van der Waals surface area contributed by atoms with Crippen LogP contribution in [0.15, 0.2) is 35.3 Å². The van der Waals surface area contributed by atoms with E-state index in [0.29, 0.717) is 18.4 Å². The molecule has 1 N–H and O–H groups in total. The first kappa shape index (κ1) is 17.8. The predicted octanol–water partition coefficient (Wildman–Crippen LogP) is 3.11. The summed E-state index contributed by atoms with van der Waals surface area (Å²) in [6.45, 7) is 11.7. The first-order chi connectivity index (χ1) is 11.2. The van der Waals surface area contributed by atoms with Crippen molar-refractivity contribution >= 4 is 5.96 Å². The highest BCUT2D eigenvalue weighted by molar-refractivity contribution is 5.80. The molecule has 1 aliphatic rings. The predicted molar refractivity (Wildman–Crippen MR) is 97.0 cm³/mol. The Labute approximate surface area is 140 Å². The Hall–Kier alpha value is -1.55. The molecular formula is C19H31N3O. The second kappa shape index (κ2) is 9.56. The largest absolute Gasteiger partial charge is 0.379 e. The van der Waals surface area contributed by atoms with Gasteiger partial charge in [0.1, 0.15) is 0 Å². The summed E-state index contributed by atoms with van der Waals surface area (Å²) in [5.74, 6) is 2.22. The van der Waals surface area contributed by atoms with Gasteiger partial charge < -0.3 is 15.0 Å². The molecule has 1 fully saturated rings. The summed E-state index contributed by atoms with van der Waals surface area (Å²) < 4.78 is 5.62. The third kappa shape index (κ3) is 5.87. The molecule has 1 atom stereocenters. The molecule has 23 heavy (non-hydrogen) atoms. The fraction of sp³-hybridized carbons (Fsp3) is 0.632. The molecule has 0 amide bonds. The Kier molecular flexibility index (Phi) is 7.40. The van der Waals surface area contributed by atoms with Crippen molar-refractivity contribution in [2.24, 2.45) is 10.9 Å². The third-order valence-electron chi connectivity index (χ3n) is 4.04. The van der Waals surface area contributed by atoms with E-state index >= 15 is 0 Å². The van der Waals surface area contributed by atoms with Crippen molar-refractivity contribution < 1.29 is 4.74 Å². The molecule has 1 unspecified atom stereocenters. The van der Waals surface area contributed by atoms with Gasteiger partial charge in [-0.15, -0.1) is 0 Å². The number of likely N-dealkylation sites (tertiary alicyclic amines) is 1. The van der Waals surface area contributed by atoms with Crippen LogP contribution in [-0.4, -0.2) is 50.3 Å². The van der Waals surface area contributed by atoms with Gasteiger partial charge in [0.2, 0.25) is 0 Å². The Morgan fingerprint density at radius 1 is 1.35 bits per heavy atom. The highest BCUT2D eigenvalue weighted by Crippen LogP contribution is 2.26. The van der Waals surface area contributed by atoms with Gasteiger partial charge in [-0.2, -0.15) is 0 Å². The summed E-state index contributed by atoms with van der Waals surface area (Å²) in [6.07, 6.45) is 1.19. The zero-order valence-corrected chi connectivity index (χ0v) is 14.8. The maximum Gasteiger partial charge on any atom is 0.194 e. The average molecular weight is 317 g/mol. The van der Waals surface area contributed by atoms with Crippen LogP contribution in [0.2, 0.25) is 0 Å². The van der Waals surface area contributed by atoms with Crippen molar-refractivity contribution in [2.75, 3.05) is 39.4 Å². The smallest absolute Gasteiger partial charge is 0.194 e. The zero-order chi connectivity index (χ0) is 16.5. The van der Waals surface area contributed by atoms with Gasteiger partial charge in [0.15, 0.2) is 5.96 Å². The van der Waals surface area contributed by atoms with E-state index in [1.807, 2.05) is 0 Å². The minimum Gasteiger partial charge on any atom is -0.379 e. The standard InChI is InChI=1S/C19H31N3O/c1-4-20-19(21-11-13-23-15-16(2)3)22-12-10-18(14-22)17-8-6-5-7-9-17/h5-9,16,18H,4,10-15H2,1-3H3,(H,20,21). The number of hydrogen-bond donors (Lipinski definition) is 1. The molecule has 1 aromatic carbocycles. The molecule has 128 valence electrons. The summed E-state index contributed by atoms with van der Waals surface area (Å²) in [6, 6.07) is 10.8. The molecular weight excluding hydrogens is 286 g/mol. The Morgan fingerprint density at radius 3 is 2.83 bits per heavy atom. The third-order valence-corrected chi connectivity index (χ3v) is 4.04. The van der Waals surface area contributed by atoms with Crippen LogP contribution in [0.3, 0.4) is 0 Å². The van der Waals surface area contributed by atoms with Crippen LogP contribution in [0.5, 0.6) is 0 Å². The van der Waals surface area contributed by atoms with Crippen molar-refractivity contribution in [3.8, 4) is 0 Å². The molecule has 0 aromatic heterocycles. The SMILES string of the molecule is CCNC(=NCCOCC(C)C)N1CCC(c2ccccc2)C1. The summed E-state index contributed by atoms with van der Waals surface area (Å²) in [7, 11) is 0. The fourth-order valence-corrected chi connectivity index (χ4v) is 2.91. The normalized spacial score (nSPS) is 18.7. The number of ether oxygens (including phenoxy) is 1. The molecule has 1 aromatic rings. The van der Waals surface area contributed by atoms with Crippen molar-refractivity contribution in [3.63, 3.8) is 0 Å². The van der Waals surface area contributed by atoms with Gasteiger partial charge in [-0.05, 0) is 24.8 Å². The zero-order valence-electron chi connectivity index (χ0n) is 14.8. The van der Waals surface area contributed by atoms with Gasteiger partial charge in [-0.25, -0.2) is 0 Å². The van der Waals surface area contributed by atoms with E-state index in [0.717, 1.165) is 38.7 Å². The number of benzene rings is 1. The number of guanidine groups is 1. The topological polar surface area (TPSA) is 36.9 Å². The van der Waals surface area contributed by atoms with Crippen LogP contribution < -0.4 is 5.32 Å². The minimum atomic E-state index is 0.581. The highest BCUT2D eigenvalue weighted by Gasteiger charge is 2.25. The second-order valence-corrected chi connectivity index (χ2v) is 6.55. The number of nitrogens with zero attached hydrogens (tertiary/aromatic N) is 2. The average Bonchev–Trinajstić information content (AvgIpc) is 3.04. The van der Waals surface area contributed by atoms with Crippen LogP contribution in [0.1, 0.15) is 38.7 Å². The minimum absolute atomic E-state index is 0.581. The lowest BCUT2D eigenvalue weighted by Gasteiger charge is -2.21. The van der Waals surface area contributed by atoms with Crippen LogP contribution in [0, 0.1) is 5.92 Å². The van der Waals surface area contributed by atoms with E-state index in [1.165, 1.54) is 12.0 Å². The van der Waals surface area contributed by atoms with E-state index in [2.05, 4.69) is 61.3 Å². The maximum absolute atomic E-state index is 5.62. The van der Waals surface area contributed by atoms with Crippen molar-refractivity contribution in [2.45, 2.75) is 33.1 Å². The second-order valence-electron chi connectivity index (χ2n) is 6.55. The summed E-state index contributed by atoms with van der Waals surface area (Å²) >= 11 is 0. The van der Waals surface area contributed by atoms with Crippen LogP contribution in [-0.2, 0) is 4.74 Å². The van der Waals surface area contributed by atoms with Crippen molar-refractivity contribution in [1.29, 1.82) is 0 Å². The lowest BCUT2D eigenvalue weighted by atomic mass is 9.99. The Bertz CT molecular complexity index is 473. The lowest BCUT2D eigenvalue weighted by molar-refractivity contribution is 0.116. The van der Waals surface area contributed by atoms with Gasteiger partial charge in [-0.3, -0.25) is 4.99 Å². The summed E-state index contributed by atoms with van der Waals surface area (Å²) in [4.78, 5) is 7.11. The van der Waals surface area contributed by atoms with Crippen molar-refractivity contribution in [3.05, 3.63) is 35.9 Å². The first-order valence-corrected chi connectivity index (χ1v) is 8.86. The monoisotopic (exact) mass is 317 g/mol. The Balaban J connectivity index is 1.86. The molecule has 0 radical (unpaired) electrons. The van der Waals surface area contributed by atoms with E-state index in [1.54, 1.807) is 0 Å². The molecule has 0 spiro atoms. The van der Waals surface area contributed by atoms with E-state index in [4.69, 9.17) is 9.73 Å². The van der Waals surface area contributed by atoms with E-state index in [9.17, 15) is 0 Å². The lowest BCUT2D eigenvalue weighted by Crippen LogP contribution is -2.40. The van der Waals surface area contributed by atoms with Crippen molar-refractivity contribution in [1.82, 2.24) is 10.2 Å². The number of aliphatic imine (C=N–C) groups is 1. The van der Waals surface area contributed by atoms with Crippen LogP contribution >= 0.6 is 0 Å². The number of hydrogen-bond acceptors (Lipinski definition) is 2. The van der Waals surface area contributed by atoms with Gasteiger partial charge in [-0.1, -0.05) is 44.2 Å². The van der Waals surface area contributed by atoms with E-state index < -0.39 is 0 Å². The summed E-state index contributed by atoms with van der Waals surface area (Å²) in [5.41, 5.74) is 1.44. The molecule has 0 saturated carbocycles.